The number of anilines is 3. The maximum atomic E-state index is 12.7. The van der Waals surface area contributed by atoms with Crippen molar-refractivity contribution in [2.45, 2.75) is 13.3 Å². The molecule has 7 nitrogen and oxygen atoms in total. The fourth-order valence-corrected chi connectivity index (χ4v) is 3.29. The van der Waals surface area contributed by atoms with Gasteiger partial charge in [-0.1, -0.05) is 29.9 Å². The van der Waals surface area contributed by atoms with Crippen LogP contribution in [0.5, 0.6) is 0 Å². The molecule has 1 aromatic carbocycles. The van der Waals surface area contributed by atoms with Gasteiger partial charge in [0.15, 0.2) is 0 Å². The van der Waals surface area contributed by atoms with E-state index in [2.05, 4.69) is 15.4 Å². The lowest BCUT2D eigenvalue weighted by molar-refractivity contribution is -0.120. The predicted molar refractivity (Wildman–Crippen MR) is 106 cm³/mol. The van der Waals surface area contributed by atoms with Crippen molar-refractivity contribution in [3.05, 3.63) is 64.3 Å². The summed E-state index contributed by atoms with van der Waals surface area (Å²) in [6.45, 7) is 1.74. The van der Waals surface area contributed by atoms with Gasteiger partial charge in [0, 0.05) is 29.4 Å². The number of nitrogens with one attached hydrogen (secondary N) is 1. The number of ketones is 1. The van der Waals surface area contributed by atoms with Gasteiger partial charge in [-0.2, -0.15) is 0 Å². The number of hydrogen-bond donors (Lipinski definition) is 2. The number of pyridine rings is 1. The molecule has 3 rings (SSSR count). The fourth-order valence-electron chi connectivity index (χ4n) is 2.23. The molecule has 3 aromatic rings. The van der Waals surface area contributed by atoms with E-state index in [9.17, 15) is 9.59 Å². The molecule has 0 aliphatic carbocycles. The van der Waals surface area contributed by atoms with Crippen LogP contribution in [0.3, 0.4) is 0 Å². The number of nitrogens with zero attached hydrogens (tertiary/aromatic N) is 3. The van der Waals surface area contributed by atoms with E-state index in [-0.39, 0.29) is 23.9 Å². The number of carbonyl (C=O) groups is 2. The molecule has 2 aromatic heterocycles. The Labute approximate surface area is 164 Å². The molecule has 138 valence electrons. The molecule has 0 atom stereocenters. The first-order valence-corrected chi connectivity index (χ1v) is 9.25. The highest BCUT2D eigenvalue weighted by Crippen LogP contribution is 2.33. The van der Waals surface area contributed by atoms with Crippen LogP contribution in [-0.4, -0.2) is 21.7 Å². The van der Waals surface area contributed by atoms with Crippen molar-refractivity contribution < 1.29 is 9.59 Å². The number of aromatic nitrogens is 2. The number of hydrogen-bond acceptors (Lipinski definition) is 7. The molecule has 0 aliphatic rings. The minimum atomic E-state index is -0.253. The van der Waals surface area contributed by atoms with E-state index < -0.39 is 0 Å². The highest BCUT2D eigenvalue weighted by molar-refractivity contribution is 7.18. The fraction of sp³-hybridized carbons (Fsp3) is 0.111. The molecule has 1 amide bonds. The summed E-state index contributed by atoms with van der Waals surface area (Å²) in [4.78, 5) is 33.2. The minimum Gasteiger partial charge on any atom is -0.382 e. The van der Waals surface area contributed by atoms with Crippen LogP contribution in [0.4, 0.5) is 16.6 Å². The summed E-state index contributed by atoms with van der Waals surface area (Å²) in [6.07, 6.45) is 3.35. The van der Waals surface area contributed by atoms with Crippen molar-refractivity contribution in [2.75, 3.05) is 10.7 Å². The lowest BCUT2D eigenvalue weighted by Gasteiger charge is -2.22. The van der Waals surface area contributed by atoms with E-state index in [1.807, 2.05) is 0 Å². The van der Waals surface area contributed by atoms with E-state index in [4.69, 9.17) is 17.3 Å². The predicted octanol–water partition coefficient (Wildman–Crippen LogP) is 3.58. The number of nitrogen functional groups attached to an aromatic ring is 1. The summed E-state index contributed by atoms with van der Waals surface area (Å²) in [5.41, 5.74) is 9.84. The minimum absolute atomic E-state index is 0.0986. The van der Waals surface area contributed by atoms with Crippen LogP contribution in [0.1, 0.15) is 28.6 Å². The van der Waals surface area contributed by atoms with Crippen molar-refractivity contribution in [3.8, 4) is 0 Å². The Bertz CT molecular complexity index is 960. The Hall–Kier alpha value is -2.97. The molecule has 0 saturated heterocycles. The number of amides is 1. The Morgan fingerprint density at radius 2 is 1.85 bits per heavy atom. The number of benzene rings is 1. The van der Waals surface area contributed by atoms with Crippen molar-refractivity contribution in [1.82, 2.24) is 15.4 Å². The van der Waals surface area contributed by atoms with E-state index in [0.29, 0.717) is 26.3 Å². The van der Waals surface area contributed by atoms with E-state index in [0.717, 1.165) is 11.3 Å². The molecular formula is C18H16ClN5O2S. The molecule has 0 bridgehead atoms. The zero-order valence-electron chi connectivity index (χ0n) is 14.3. The number of carbonyl (C=O) groups excluding carboxylic acids is 2. The van der Waals surface area contributed by atoms with Crippen LogP contribution >= 0.6 is 22.9 Å². The largest absolute Gasteiger partial charge is 0.382 e. The molecule has 2 heterocycles. The number of thiazole rings is 1. The van der Waals surface area contributed by atoms with Gasteiger partial charge in [0.05, 0.1) is 5.69 Å². The van der Waals surface area contributed by atoms with Gasteiger partial charge in [-0.3, -0.25) is 20.0 Å². The van der Waals surface area contributed by atoms with Crippen LogP contribution in [0.15, 0.2) is 48.8 Å². The first-order valence-electron chi connectivity index (χ1n) is 8.05. The molecule has 0 fully saturated rings. The van der Waals surface area contributed by atoms with Gasteiger partial charge in [-0.15, -0.1) is 0 Å². The van der Waals surface area contributed by atoms with Crippen molar-refractivity contribution >= 4 is 51.3 Å². The monoisotopic (exact) mass is 401 g/mol. The maximum absolute atomic E-state index is 12.7. The topological polar surface area (TPSA) is 101 Å². The lowest BCUT2D eigenvalue weighted by Crippen LogP contribution is -2.38. The Kier molecular flexibility index (Phi) is 5.68. The molecule has 0 aliphatic heterocycles. The number of halogens is 1. The van der Waals surface area contributed by atoms with Gasteiger partial charge in [0.1, 0.15) is 10.7 Å². The van der Waals surface area contributed by atoms with Crippen molar-refractivity contribution in [1.29, 1.82) is 0 Å². The Balaban J connectivity index is 1.99. The Morgan fingerprint density at radius 1 is 1.19 bits per heavy atom. The summed E-state index contributed by atoms with van der Waals surface area (Å²) in [6, 6.07) is 10.1. The van der Waals surface area contributed by atoms with Crippen LogP contribution in [0, 0.1) is 0 Å². The SMILES string of the molecule is CCC(=O)NN(c1ccc(Cl)cc1)c1nc(N)c(C(=O)c2ccncc2)s1. The standard InChI is InChI=1S/C18H16ClN5O2S/c1-2-14(25)23-24(13-5-3-12(19)4-6-13)18-22-17(20)16(27-18)15(26)11-7-9-21-10-8-11/h3-10H,2,20H2,1H3,(H,23,25). The third-order valence-corrected chi connectivity index (χ3v) is 4.93. The highest BCUT2D eigenvalue weighted by atomic mass is 35.5. The average Bonchev–Trinajstić information content (AvgIpc) is 3.08. The van der Waals surface area contributed by atoms with Crippen LogP contribution in [0.25, 0.3) is 0 Å². The molecular weight excluding hydrogens is 386 g/mol. The summed E-state index contributed by atoms with van der Waals surface area (Å²) in [5, 5.41) is 2.42. The summed E-state index contributed by atoms with van der Waals surface area (Å²) >= 11 is 7.04. The second kappa shape index (κ2) is 8.15. The number of nitrogens with two attached hydrogens (primary N) is 1. The van der Waals surface area contributed by atoms with Gasteiger partial charge >= 0.3 is 0 Å². The normalized spacial score (nSPS) is 10.4. The summed E-state index contributed by atoms with van der Waals surface area (Å²) < 4.78 is 0. The van der Waals surface area contributed by atoms with Crippen LogP contribution in [-0.2, 0) is 4.79 Å². The molecule has 0 saturated carbocycles. The zero-order chi connectivity index (χ0) is 19.4. The quantitative estimate of drug-likeness (QED) is 0.483. The maximum Gasteiger partial charge on any atom is 0.238 e. The van der Waals surface area contributed by atoms with E-state index in [1.54, 1.807) is 43.3 Å². The van der Waals surface area contributed by atoms with Gasteiger partial charge < -0.3 is 5.73 Å². The average molecular weight is 402 g/mol. The molecule has 0 unspecified atom stereocenters. The van der Waals surface area contributed by atoms with Gasteiger partial charge in [0.25, 0.3) is 0 Å². The highest BCUT2D eigenvalue weighted by Gasteiger charge is 2.22. The number of hydrazine groups is 1. The Morgan fingerprint density at radius 3 is 2.48 bits per heavy atom. The molecule has 27 heavy (non-hydrogen) atoms. The van der Waals surface area contributed by atoms with Gasteiger partial charge in [0.2, 0.25) is 16.8 Å². The summed E-state index contributed by atoms with van der Waals surface area (Å²) in [5.74, 6) is -0.362. The second-order valence-corrected chi connectivity index (χ2v) is 6.89. The number of rotatable bonds is 6. The molecule has 0 radical (unpaired) electrons. The van der Waals surface area contributed by atoms with E-state index in [1.165, 1.54) is 17.4 Å². The van der Waals surface area contributed by atoms with Gasteiger partial charge in [-0.25, -0.2) is 9.99 Å². The van der Waals surface area contributed by atoms with Crippen LogP contribution in [0.2, 0.25) is 5.02 Å². The summed E-state index contributed by atoms with van der Waals surface area (Å²) in [7, 11) is 0. The van der Waals surface area contributed by atoms with Crippen LogP contribution < -0.4 is 16.2 Å². The van der Waals surface area contributed by atoms with Crippen molar-refractivity contribution in [3.63, 3.8) is 0 Å². The smallest absolute Gasteiger partial charge is 0.238 e. The lowest BCUT2D eigenvalue weighted by atomic mass is 10.1. The first kappa shape index (κ1) is 18.8. The molecule has 3 N–H and O–H groups in total. The second-order valence-electron chi connectivity index (χ2n) is 5.48. The van der Waals surface area contributed by atoms with Gasteiger partial charge in [-0.05, 0) is 36.4 Å². The van der Waals surface area contributed by atoms with Crippen molar-refractivity contribution in [2.24, 2.45) is 0 Å². The zero-order valence-corrected chi connectivity index (χ0v) is 15.9. The third kappa shape index (κ3) is 4.24. The first-order chi connectivity index (χ1) is 13.0. The third-order valence-electron chi connectivity index (χ3n) is 3.62. The van der Waals surface area contributed by atoms with E-state index >= 15 is 0 Å². The molecule has 0 spiro atoms. The molecule has 9 heteroatoms.